The molecule has 0 heterocycles. The molecule has 0 unspecified atom stereocenters. The van der Waals surface area contributed by atoms with Gasteiger partial charge in [0.2, 0.25) is 5.78 Å². The van der Waals surface area contributed by atoms with E-state index in [2.05, 4.69) is 0 Å². The monoisotopic (exact) mass is 300 g/mol. The zero-order chi connectivity index (χ0) is 16.1. The van der Waals surface area contributed by atoms with Crippen molar-refractivity contribution in [3.63, 3.8) is 0 Å². The number of carbonyl (C=O) groups is 3. The molecular weight excluding hydrogens is 287 g/mol. The van der Waals surface area contributed by atoms with Gasteiger partial charge in [0.25, 0.3) is 0 Å². The summed E-state index contributed by atoms with van der Waals surface area (Å²) in [5, 5.41) is 8.52. The lowest BCUT2D eigenvalue weighted by molar-refractivity contribution is -0.148. The van der Waals surface area contributed by atoms with Crippen LogP contribution in [-0.4, -0.2) is 22.6 Å². The summed E-state index contributed by atoms with van der Waals surface area (Å²) in [6.45, 7) is 0. The van der Waals surface area contributed by atoms with Crippen molar-refractivity contribution < 1.29 is 23.9 Å². The lowest BCUT2D eigenvalue weighted by atomic mass is 9.99. The first-order chi connectivity index (χ1) is 10.5. The highest BCUT2D eigenvalue weighted by atomic mass is 19.1. The quantitative estimate of drug-likeness (QED) is 0.506. The van der Waals surface area contributed by atoms with Crippen LogP contribution in [0.4, 0.5) is 4.39 Å². The number of carbonyl (C=O) groups excluding carboxylic acids is 2. The fraction of sp³-hybridized carbons (Fsp3) is 0.118. The van der Waals surface area contributed by atoms with Crippen LogP contribution >= 0.6 is 0 Å². The number of hydrogen-bond acceptors (Lipinski definition) is 3. The molecule has 1 N–H and O–H groups in total. The summed E-state index contributed by atoms with van der Waals surface area (Å²) in [6, 6.07) is 12.7. The van der Waals surface area contributed by atoms with Crippen molar-refractivity contribution in [3.8, 4) is 0 Å². The Bertz CT molecular complexity index is 737. The molecule has 0 aliphatic carbocycles. The molecule has 0 saturated heterocycles. The minimum Gasteiger partial charge on any atom is -0.475 e. The highest BCUT2D eigenvalue weighted by Crippen LogP contribution is 2.14. The lowest BCUT2D eigenvalue weighted by Crippen LogP contribution is -2.17. The number of hydrogen-bond donors (Lipinski definition) is 1. The molecule has 22 heavy (non-hydrogen) atoms. The molecule has 0 bridgehead atoms. The smallest absolute Gasteiger partial charge is 0.372 e. The number of benzene rings is 2. The molecule has 5 heteroatoms. The first-order valence-corrected chi connectivity index (χ1v) is 6.58. The van der Waals surface area contributed by atoms with E-state index in [1.54, 1.807) is 30.3 Å². The average Bonchev–Trinajstić information content (AvgIpc) is 2.47. The third-order valence-electron chi connectivity index (χ3n) is 3.11. The Morgan fingerprint density at radius 2 is 1.59 bits per heavy atom. The van der Waals surface area contributed by atoms with E-state index in [-0.39, 0.29) is 11.4 Å². The molecule has 112 valence electrons. The number of carboxylic acid groups (broad SMARTS) is 1. The van der Waals surface area contributed by atoms with E-state index in [1.165, 1.54) is 18.2 Å². The van der Waals surface area contributed by atoms with E-state index in [4.69, 9.17) is 5.11 Å². The summed E-state index contributed by atoms with van der Waals surface area (Å²) in [4.78, 5) is 33.4. The summed E-state index contributed by atoms with van der Waals surface area (Å²) in [7, 11) is 0. The van der Waals surface area contributed by atoms with E-state index in [0.717, 1.165) is 11.1 Å². The normalized spacial score (nSPS) is 10.2. The van der Waals surface area contributed by atoms with E-state index >= 15 is 0 Å². The highest BCUT2D eigenvalue weighted by molar-refractivity contribution is 6.37. The summed E-state index contributed by atoms with van der Waals surface area (Å²) in [5.74, 6) is -3.64. The van der Waals surface area contributed by atoms with Crippen molar-refractivity contribution in [2.24, 2.45) is 0 Å². The van der Waals surface area contributed by atoms with Crippen molar-refractivity contribution in [1.29, 1.82) is 0 Å². The van der Waals surface area contributed by atoms with Gasteiger partial charge in [-0.25, -0.2) is 9.18 Å². The van der Waals surface area contributed by atoms with Gasteiger partial charge in [0.1, 0.15) is 5.82 Å². The Labute approximate surface area is 126 Å². The Morgan fingerprint density at radius 1 is 0.955 bits per heavy atom. The van der Waals surface area contributed by atoms with E-state index in [1.807, 2.05) is 0 Å². The first kappa shape index (κ1) is 15.6. The van der Waals surface area contributed by atoms with E-state index < -0.39 is 24.0 Å². The maximum Gasteiger partial charge on any atom is 0.372 e. The minimum atomic E-state index is -1.62. The zero-order valence-electron chi connectivity index (χ0n) is 11.6. The molecule has 2 rings (SSSR count). The Morgan fingerprint density at radius 3 is 2.23 bits per heavy atom. The molecule has 0 saturated carbocycles. The van der Waals surface area contributed by atoms with Crippen molar-refractivity contribution in [2.75, 3.05) is 0 Å². The van der Waals surface area contributed by atoms with Crippen LogP contribution in [0, 0.1) is 5.82 Å². The van der Waals surface area contributed by atoms with Crippen LogP contribution in [-0.2, 0) is 16.0 Å². The van der Waals surface area contributed by atoms with E-state index in [9.17, 15) is 18.8 Å². The van der Waals surface area contributed by atoms with Gasteiger partial charge in [-0.15, -0.1) is 0 Å². The maximum atomic E-state index is 13.1. The van der Waals surface area contributed by atoms with E-state index in [0.29, 0.717) is 6.42 Å². The SMILES string of the molecule is O=C(O)C(=O)CC(=O)c1cccc(Cc2cccc(F)c2)c1. The van der Waals surface area contributed by atoms with Gasteiger partial charge in [0.05, 0.1) is 6.42 Å². The van der Waals surface area contributed by atoms with Gasteiger partial charge >= 0.3 is 5.97 Å². The Balaban J connectivity index is 2.14. The zero-order valence-corrected chi connectivity index (χ0v) is 11.6. The highest BCUT2D eigenvalue weighted by Gasteiger charge is 2.17. The molecule has 0 radical (unpaired) electrons. The van der Waals surface area contributed by atoms with Crippen molar-refractivity contribution in [2.45, 2.75) is 12.8 Å². The van der Waals surface area contributed by atoms with Gasteiger partial charge in [-0.2, -0.15) is 0 Å². The van der Waals surface area contributed by atoms with Crippen LogP contribution in [0.15, 0.2) is 48.5 Å². The molecule has 0 amide bonds. The summed E-state index contributed by atoms with van der Waals surface area (Å²) in [5.41, 5.74) is 1.80. The number of halogens is 1. The average molecular weight is 300 g/mol. The van der Waals surface area contributed by atoms with Crippen molar-refractivity contribution >= 4 is 17.5 Å². The minimum absolute atomic E-state index is 0.267. The van der Waals surface area contributed by atoms with Crippen LogP contribution in [0.1, 0.15) is 27.9 Å². The second kappa shape index (κ2) is 6.76. The predicted molar refractivity (Wildman–Crippen MR) is 77.2 cm³/mol. The fourth-order valence-electron chi connectivity index (χ4n) is 2.06. The molecule has 0 aromatic heterocycles. The molecular formula is C17H13FO4. The summed E-state index contributed by atoms with van der Waals surface area (Å²) in [6.07, 6.45) is -0.232. The van der Waals surface area contributed by atoms with Crippen molar-refractivity contribution in [3.05, 3.63) is 71.0 Å². The second-order valence-electron chi connectivity index (χ2n) is 4.84. The van der Waals surface area contributed by atoms with Crippen LogP contribution in [0.5, 0.6) is 0 Å². The van der Waals surface area contributed by atoms with Gasteiger partial charge in [-0.3, -0.25) is 9.59 Å². The Kier molecular flexibility index (Phi) is 4.78. The molecule has 2 aromatic carbocycles. The summed E-state index contributed by atoms with van der Waals surface area (Å²) < 4.78 is 13.1. The second-order valence-corrected chi connectivity index (χ2v) is 4.84. The Hall–Kier alpha value is -2.82. The topological polar surface area (TPSA) is 71.4 Å². The molecule has 0 fully saturated rings. The maximum absolute atomic E-state index is 13.1. The third kappa shape index (κ3) is 4.09. The van der Waals surface area contributed by atoms with Crippen LogP contribution in [0.3, 0.4) is 0 Å². The molecule has 2 aromatic rings. The van der Waals surface area contributed by atoms with Crippen LogP contribution < -0.4 is 0 Å². The number of carboxylic acids is 1. The standard InChI is InChI=1S/C17H13FO4/c18-14-6-2-4-12(9-14)7-11-3-1-5-13(8-11)15(19)10-16(20)17(21)22/h1-6,8-9H,7,10H2,(H,21,22). The first-order valence-electron chi connectivity index (χ1n) is 6.58. The van der Waals surface area contributed by atoms with Crippen molar-refractivity contribution in [1.82, 2.24) is 0 Å². The van der Waals surface area contributed by atoms with Gasteiger partial charge in [0, 0.05) is 5.56 Å². The fourth-order valence-corrected chi connectivity index (χ4v) is 2.06. The lowest BCUT2D eigenvalue weighted by Gasteiger charge is -2.05. The third-order valence-corrected chi connectivity index (χ3v) is 3.11. The van der Waals surface area contributed by atoms with Crippen LogP contribution in [0.25, 0.3) is 0 Å². The number of ketones is 2. The largest absolute Gasteiger partial charge is 0.475 e. The number of rotatable bonds is 6. The van der Waals surface area contributed by atoms with Gasteiger partial charge in [0.15, 0.2) is 5.78 Å². The number of Topliss-reactive ketones (excluding diaryl/α,β-unsaturated/α-hetero) is 2. The van der Waals surface area contributed by atoms with Gasteiger partial charge < -0.3 is 5.11 Å². The molecule has 4 nitrogen and oxygen atoms in total. The summed E-state index contributed by atoms with van der Waals surface area (Å²) >= 11 is 0. The molecule has 0 aliphatic heterocycles. The number of aliphatic carboxylic acids is 1. The van der Waals surface area contributed by atoms with Crippen LogP contribution in [0.2, 0.25) is 0 Å². The van der Waals surface area contributed by atoms with Gasteiger partial charge in [-0.05, 0) is 35.7 Å². The van der Waals surface area contributed by atoms with Gasteiger partial charge in [-0.1, -0.05) is 30.3 Å². The molecule has 0 spiro atoms. The molecule has 0 aliphatic rings. The predicted octanol–water partition coefficient (Wildman–Crippen LogP) is 2.64. The molecule has 0 atom stereocenters.